The molecular weight excluding hydrogens is 246 g/mol. The Balaban J connectivity index is 2.52. The van der Waals surface area contributed by atoms with Crippen LogP contribution in [0.2, 0.25) is 0 Å². The average molecular weight is 265 g/mol. The molecule has 1 amide bonds. The molecule has 0 unspecified atom stereocenters. The molecule has 0 fully saturated rings. The lowest BCUT2D eigenvalue weighted by Crippen LogP contribution is -2.34. The fourth-order valence-electron chi connectivity index (χ4n) is 1.70. The zero-order valence-corrected chi connectivity index (χ0v) is 11.2. The van der Waals surface area contributed by atoms with Gasteiger partial charge in [0.1, 0.15) is 0 Å². The quantitative estimate of drug-likeness (QED) is 0.578. The molecule has 1 aromatic carbocycles. The van der Waals surface area contributed by atoms with E-state index in [1.165, 1.54) is 6.07 Å². The van der Waals surface area contributed by atoms with Gasteiger partial charge in [-0.1, -0.05) is 19.1 Å². The lowest BCUT2D eigenvalue weighted by molar-refractivity contribution is -0.385. The van der Waals surface area contributed by atoms with Crippen LogP contribution in [-0.2, 0) is 11.3 Å². The first kappa shape index (κ1) is 15.1. The molecule has 1 aromatic rings. The van der Waals surface area contributed by atoms with E-state index in [-0.39, 0.29) is 18.1 Å². The summed E-state index contributed by atoms with van der Waals surface area (Å²) in [6.45, 7) is 5.01. The van der Waals surface area contributed by atoms with Gasteiger partial charge < -0.3 is 10.6 Å². The molecule has 19 heavy (non-hydrogen) atoms. The smallest absolute Gasteiger partial charge is 0.272 e. The number of nitrogens with one attached hydrogen (secondary N) is 2. The van der Waals surface area contributed by atoms with E-state index < -0.39 is 4.92 Å². The van der Waals surface area contributed by atoms with Crippen molar-refractivity contribution in [3.63, 3.8) is 0 Å². The minimum Gasteiger partial charge on any atom is -0.355 e. The summed E-state index contributed by atoms with van der Waals surface area (Å²) in [7, 11) is 0. The van der Waals surface area contributed by atoms with Gasteiger partial charge in [0.05, 0.1) is 11.5 Å². The molecule has 6 heteroatoms. The molecule has 2 N–H and O–H groups in total. The summed E-state index contributed by atoms with van der Waals surface area (Å²) in [6.07, 6.45) is 0.899. The van der Waals surface area contributed by atoms with Crippen LogP contribution >= 0.6 is 0 Å². The molecule has 6 nitrogen and oxygen atoms in total. The maximum Gasteiger partial charge on any atom is 0.272 e. The topological polar surface area (TPSA) is 84.3 Å². The number of nitrogens with zero attached hydrogens (tertiary/aromatic N) is 1. The van der Waals surface area contributed by atoms with Crippen LogP contribution in [0.4, 0.5) is 5.69 Å². The number of amides is 1. The van der Waals surface area contributed by atoms with Gasteiger partial charge in [-0.15, -0.1) is 0 Å². The van der Waals surface area contributed by atoms with Gasteiger partial charge in [0.2, 0.25) is 5.91 Å². The Morgan fingerprint density at radius 1 is 1.42 bits per heavy atom. The van der Waals surface area contributed by atoms with Gasteiger partial charge in [0.25, 0.3) is 5.69 Å². The molecule has 1 rings (SSSR count). The number of hydrogen-bond acceptors (Lipinski definition) is 4. The summed E-state index contributed by atoms with van der Waals surface area (Å²) in [6, 6.07) is 4.95. The molecule has 0 aliphatic carbocycles. The van der Waals surface area contributed by atoms with E-state index in [1.807, 2.05) is 13.0 Å². The third-order valence-electron chi connectivity index (χ3n) is 2.79. The van der Waals surface area contributed by atoms with Crippen LogP contribution in [0.25, 0.3) is 0 Å². The highest BCUT2D eigenvalue weighted by Gasteiger charge is 2.12. The predicted octanol–water partition coefficient (Wildman–Crippen LogP) is 1.52. The largest absolute Gasteiger partial charge is 0.355 e. The van der Waals surface area contributed by atoms with Crippen LogP contribution in [0.5, 0.6) is 0 Å². The fraction of sp³-hybridized carbons (Fsp3) is 0.462. The lowest BCUT2D eigenvalue weighted by Gasteiger charge is -2.08. The van der Waals surface area contributed by atoms with Crippen molar-refractivity contribution in [1.29, 1.82) is 0 Å². The van der Waals surface area contributed by atoms with E-state index >= 15 is 0 Å². The highest BCUT2D eigenvalue weighted by molar-refractivity contribution is 5.77. The molecule has 0 radical (unpaired) electrons. The van der Waals surface area contributed by atoms with E-state index in [1.54, 1.807) is 13.0 Å². The highest BCUT2D eigenvalue weighted by Crippen LogP contribution is 2.20. The minimum atomic E-state index is -0.396. The van der Waals surface area contributed by atoms with Gasteiger partial charge >= 0.3 is 0 Å². The molecule has 0 aliphatic rings. The van der Waals surface area contributed by atoms with E-state index in [9.17, 15) is 14.9 Å². The van der Waals surface area contributed by atoms with Crippen LogP contribution < -0.4 is 10.6 Å². The normalized spacial score (nSPS) is 10.2. The number of hydrogen-bond donors (Lipinski definition) is 2. The van der Waals surface area contributed by atoms with Gasteiger partial charge in [-0.05, 0) is 18.9 Å². The SMILES string of the molecule is CCCNC(=O)CNCc1cccc([N+](=O)[O-])c1C. The Kier molecular flexibility index (Phi) is 5.95. The second-order valence-corrected chi connectivity index (χ2v) is 4.27. The molecule has 104 valence electrons. The maximum absolute atomic E-state index is 11.4. The average Bonchev–Trinajstić information content (AvgIpc) is 2.38. The first-order valence-corrected chi connectivity index (χ1v) is 6.26. The van der Waals surface area contributed by atoms with E-state index in [2.05, 4.69) is 10.6 Å². The van der Waals surface area contributed by atoms with Crippen LogP contribution in [0, 0.1) is 17.0 Å². The van der Waals surface area contributed by atoms with E-state index in [0.29, 0.717) is 18.7 Å². The van der Waals surface area contributed by atoms with Gasteiger partial charge in [-0.25, -0.2) is 0 Å². The molecule has 0 heterocycles. The second kappa shape index (κ2) is 7.48. The first-order chi connectivity index (χ1) is 9.06. The fourth-order valence-corrected chi connectivity index (χ4v) is 1.70. The van der Waals surface area contributed by atoms with Crippen molar-refractivity contribution in [2.24, 2.45) is 0 Å². The molecule has 0 saturated heterocycles. The monoisotopic (exact) mass is 265 g/mol. The molecule has 0 saturated carbocycles. The van der Waals surface area contributed by atoms with E-state index in [0.717, 1.165) is 12.0 Å². The summed E-state index contributed by atoms with van der Waals surface area (Å²) in [4.78, 5) is 21.8. The summed E-state index contributed by atoms with van der Waals surface area (Å²) in [5.74, 6) is -0.0649. The van der Waals surface area contributed by atoms with Crippen molar-refractivity contribution in [2.75, 3.05) is 13.1 Å². The number of nitro benzene ring substituents is 1. The first-order valence-electron chi connectivity index (χ1n) is 6.26. The predicted molar refractivity (Wildman–Crippen MR) is 72.8 cm³/mol. The van der Waals surface area contributed by atoms with Crippen molar-refractivity contribution in [2.45, 2.75) is 26.8 Å². The standard InChI is InChI=1S/C13H19N3O3/c1-3-7-15-13(17)9-14-8-11-5-4-6-12(10(11)2)16(18)19/h4-6,14H,3,7-9H2,1-2H3,(H,15,17). The van der Waals surface area contributed by atoms with Crippen molar-refractivity contribution in [3.05, 3.63) is 39.4 Å². The van der Waals surface area contributed by atoms with Crippen molar-refractivity contribution in [3.8, 4) is 0 Å². The number of benzene rings is 1. The minimum absolute atomic E-state index is 0.0649. The molecule has 0 aromatic heterocycles. The maximum atomic E-state index is 11.4. The third-order valence-corrected chi connectivity index (χ3v) is 2.79. The number of carbonyl (C=O) groups is 1. The van der Waals surface area contributed by atoms with E-state index in [4.69, 9.17) is 0 Å². The van der Waals surface area contributed by atoms with Crippen LogP contribution in [0.15, 0.2) is 18.2 Å². The Morgan fingerprint density at radius 2 is 2.16 bits per heavy atom. The van der Waals surface area contributed by atoms with Crippen LogP contribution in [0.3, 0.4) is 0 Å². The van der Waals surface area contributed by atoms with Gasteiger partial charge in [-0.3, -0.25) is 14.9 Å². The number of carbonyl (C=O) groups excluding carboxylic acids is 1. The summed E-state index contributed by atoms with van der Waals surface area (Å²) >= 11 is 0. The van der Waals surface area contributed by atoms with Crippen LogP contribution in [-0.4, -0.2) is 23.9 Å². The van der Waals surface area contributed by atoms with Gasteiger partial charge in [0, 0.05) is 24.7 Å². The molecular formula is C13H19N3O3. The van der Waals surface area contributed by atoms with Crippen molar-refractivity contribution in [1.82, 2.24) is 10.6 Å². The Hall–Kier alpha value is -1.95. The molecule has 0 aliphatic heterocycles. The van der Waals surface area contributed by atoms with Crippen LogP contribution in [0.1, 0.15) is 24.5 Å². The molecule has 0 atom stereocenters. The summed E-state index contributed by atoms with van der Waals surface area (Å²) in [5.41, 5.74) is 1.57. The number of rotatable bonds is 7. The molecule has 0 bridgehead atoms. The highest BCUT2D eigenvalue weighted by atomic mass is 16.6. The lowest BCUT2D eigenvalue weighted by atomic mass is 10.1. The number of nitro groups is 1. The summed E-state index contributed by atoms with van der Waals surface area (Å²) in [5, 5.41) is 16.5. The Labute approximate surface area is 112 Å². The molecule has 0 spiro atoms. The zero-order chi connectivity index (χ0) is 14.3. The van der Waals surface area contributed by atoms with Gasteiger partial charge in [-0.2, -0.15) is 0 Å². The zero-order valence-electron chi connectivity index (χ0n) is 11.2. The van der Waals surface area contributed by atoms with Crippen molar-refractivity contribution < 1.29 is 9.72 Å². The Morgan fingerprint density at radius 3 is 2.79 bits per heavy atom. The second-order valence-electron chi connectivity index (χ2n) is 4.27. The van der Waals surface area contributed by atoms with Gasteiger partial charge in [0.15, 0.2) is 0 Å². The summed E-state index contributed by atoms with van der Waals surface area (Å²) < 4.78 is 0. The third kappa shape index (κ3) is 4.67. The van der Waals surface area contributed by atoms with Crippen molar-refractivity contribution >= 4 is 11.6 Å². The Bertz CT molecular complexity index is 460.